The van der Waals surface area contributed by atoms with Crippen LogP contribution in [0.25, 0.3) is 0 Å². The number of benzene rings is 9. The number of aliphatic carboxylic acids is 1. The van der Waals surface area contributed by atoms with E-state index in [9.17, 15) is 82.1 Å². The summed E-state index contributed by atoms with van der Waals surface area (Å²) in [5, 5.41) is 19.2. The number of aliphatic hydroxyl groups is 1. The van der Waals surface area contributed by atoms with Crippen molar-refractivity contribution in [2.24, 2.45) is 23.2 Å². The lowest BCUT2D eigenvalue weighted by molar-refractivity contribution is -0.172. The number of carbonyl (C=O) groups excluding carboxylic acids is 14. The predicted octanol–water partition coefficient (Wildman–Crippen LogP) is 19.1. The van der Waals surface area contributed by atoms with Gasteiger partial charge < -0.3 is 76.6 Å². The molecule has 0 aromatic heterocycles. The molecule has 30 nitrogen and oxygen atoms in total. The first-order chi connectivity index (χ1) is 71.3. The van der Waals surface area contributed by atoms with Crippen LogP contribution in [0.15, 0.2) is 269 Å². The fourth-order valence-electron chi connectivity index (χ4n) is 14.0. The third-order valence-electron chi connectivity index (χ3n) is 22.6. The van der Waals surface area contributed by atoms with E-state index in [0.29, 0.717) is 88.6 Å². The van der Waals surface area contributed by atoms with E-state index >= 15 is 0 Å². The van der Waals surface area contributed by atoms with Crippen LogP contribution in [0.2, 0.25) is 0 Å². The molecule has 0 heterocycles. The van der Waals surface area contributed by atoms with Crippen LogP contribution < -0.4 is 0 Å². The van der Waals surface area contributed by atoms with Crippen LogP contribution in [0.1, 0.15) is 201 Å². The van der Waals surface area contributed by atoms with Crippen molar-refractivity contribution in [3.05, 3.63) is 369 Å². The molecule has 0 aliphatic carbocycles. The molecule has 0 bridgehead atoms. The van der Waals surface area contributed by atoms with Gasteiger partial charge in [0.05, 0.1) is 120 Å². The second-order valence-electron chi connectivity index (χ2n) is 32.8. The van der Waals surface area contributed by atoms with E-state index in [1.165, 1.54) is 93.9 Å². The molecule has 0 saturated carbocycles. The highest BCUT2D eigenvalue weighted by Gasteiger charge is 2.48. The van der Waals surface area contributed by atoms with Crippen LogP contribution in [0, 0.1) is 23.2 Å². The standard InChI is InChI=1S/C29H32O8.C22H24O6.C22H26O5.C22H24O5.C10H11IO2.C9H12O4.C2H7P/c1-5-19-36-27(32)29(28(33)37-20-6-2,17-15-21-7-11-23(12-8-21)25(30)34-3)18-16-22-9-13-24(14-10-22)26(31)35-4;1-27-21(25)18-11-5-15(6-12-18)3-9-17(20(23)24)10-4-16-7-13-19(14-8-16)22(26)28-2;2*1-26-21(24)19-11-7-16(8-12-19)3-5-18(15-23)6-4-17-9-13-20(14-10-17)22(25)27-2;1-13-10(12)9-4-2-8(3-5-9)6-7-11;1-3-5-12-8(10)7-9(11)13-6-4-2;1-3-2/h5-14H,1-2,15-20H2,3-4H3;5-8,11-14,17H,3-4,9-10H2,1-2H3,(H,23,24);7-14,18,23H,3-6,15H2,1-2H3;7-15,18H,3-6H2,1-2H3;2-5H,6-7H2,1H3;3-4H,1-2,5-7H2;3H,1-2H3. The molecule has 0 saturated heterocycles. The highest BCUT2D eigenvalue weighted by Crippen LogP contribution is 2.35. The lowest BCUT2D eigenvalue weighted by Crippen LogP contribution is -2.43. The summed E-state index contributed by atoms with van der Waals surface area (Å²) in [6, 6.07) is 64.2. The summed E-state index contributed by atoms with van der Waals surface area (Å²) in [5.41, 5.74) is 12.1. The quantitative estimate of drug-likeness (QED) is 0.00522. The number of aliphatic hydroxyl groups excluding tert-OH is 1. The lowest BCUT2D eigenvalue weighted by Gasteiger charge is -2.29. The summed E-state index contributed by atoms with van der Waals surface area (Å²) in [5.74, 6) is -7.16. The highest BCUT2D eigenvalue weighted by molar-refractivity contribution is 14.1. The maximum Gasteiger partial charge on any atom is 0.337 e. The molecule has 9 rings (SSSR count). The second-order valence-corrected chi connectivity index (χ2v) is 34.9. The summed E-state index contributed by atoms with van der Waals surface area (Å²) >= 11 is 2.33. The number of halogens is 1. The first-order valence-electron chi connectivity index (χ1n) is 47.4. The first kappa shape index (κ1) is 127. The van der Waals surface area contributed by atoms with Crippen molar-refractivity contribution in [1.82, 2.24) is 0 Å². The van der Waals surface area contributed by atoms with Crippen molar-refractivity contribution in [2.45, 2.75) is 116 Å². The van der Waals surface area contributed by atoms with Gasteiger partial charge in [-0.05, 0) is 288 Å². The number of esters is 13. The monoisotopic (exact) mass is 2170 g/mol. The maximum absolute atomic E-state index is 13.3. The molecule has 0 amide bonds. The molecule has 0 spiro atoms. The van der Waals surface area contributed by atoms with E-state index in [1.54, 1.807) is 133 Å². The van der Waals surface area contributed by atoms with E-state index in [0.717, 1.165) is 122 Å². The van der Waals surface area contributed by atoms with E-state index in [1.807, 2.05) is 84.9 Å². The molecular weight excluding hydrogens is 2030 g/mol. The minimum atomic E-state index is -1.60. The van der Waals surface area contributed by atoms with Crippen LogP contribution in [-0.2, 0) is 148 Å². The average molecular weight is 2170 g/mol. The number of alkyl halides is 1. The predicted molar refractivity (Wildman–Crippen MR) is 572 cm³/mol. The summed E-state index contributed by atoms with van der Waals surface area (Å²) in [7, 11) is 13.2. The van der Waals surface area contributed by atoms with E-state index in [-0.39, 0.29) is 94.0 Å². The van der Waals surface area contributed by atoms with Gasteiger partial charge in [0.15, 0.2) is 5.41 Å². The molecule has 0 fully saturated rings. The second kappa shape index (κ2) is 74.2. The lowest BCUT2D eigenvalue weighted by atomic mass is 9.77. The number of carbonyl (C=O) groups is 15. The number of rotatable bonds is 50. The van der Waals surface area contributed by atoms with Crippen molar-refractivity contribution >= 4 is 121 Å². The van der Waals surface area contributed by atoms with Gasteiger partial charge in [0.1, 0.15) is 39.1 Å². The Labute approximate surface area is 881 Å². The average Bonchev–Trinajstić information content (AvgIpc) is 0.795. The Morgan fingerprint density at radius 3 is 0.676 bits per heavy atom. The topological polar surface area (TPSA) is 417 Å². The molecule has 792 valence electrons. The molecule has 0 atom stereocenters. The van der Waals surface area contributed by atoms with Gasteiger partial charge in [-0.1, -0.05) is 182 Å². The zero-order valence-electron chi connectivity index (χ0n) is 85.9. The number of ether oxygens (including phenoxy) is 13. The zero-order chi connectivity index (χ0) is 110. The fourth-order valence-corrected chi connectivity index (χ4v) is 14.6. The Morgan fingerprint density at radius 1 is 0.304 bits per heavy atom. The maximum atomic E-state index is 13.3. The fraction of sp³-hybridized carbons (Fsp3) is 0.336. The third kappa shape index (κ3) is 48.5. The number of carboxylic acid groups (broad SMARTS) is 1. The number of methoxy groups -OCH3 is 9. The van der Waals surface area contributed by atoms with Crippen LogP contribution in [0.4, 0.5) is 0 Å². The number of hydrogen-bond donors (Lipinski definition) is 2. The molecule has 32 heteroatoms. The molecule has 9 aromatic carbocycles. The smallest absolute Gasteiger partial charge is 0.337 e. The highest BCUT2D eigenvalue weighted by atomic mass is 127. The Bertz CT molecular complexity index is 5330. The molecule has 148 heavy (non-hydrogen) atoms. The normalized spacial score (nSPS) is 10.2. The molecule has 0 unspecified atom stereocenters. The Kier molecular flexibility index (Phi) is 63.9. The van der Waals surface area contributed by atoms with Crippen LogP contribution >= 0.6 is 31.2 Å². The van der Waals surface area contributed by atoms with Crippen molar-refractivity contribution in [3.8, 4) is 0 Å². The molecular formula is C116H136IO30P. The minimum absolute atomic E-state index is 0.0365. The van der Waals surface area contributed by atoms with Gasteiger partial charge in [-0.2, -0.15) is 0 Å². The van der Waals surface area contributed by atoms with Gasteiger partial charge in [0.25, 0.3) is 0 Å². The van der Waals surface area contributed by atoms with Gasteiger partial charge in [-0.15, -0.1) is 8.58 Å². The van der Waals surface area contributed by atoms with E-state index < -0.39 is 65.1 Å². The SMILES string of the molecule is C=CCOC(=O)C(CCc1ccc(C(=O)OC)cc1)(CCc1ccc(C(=O)OC)cc1)C(=O)OCC=C.C=CCOC(=O)CC(=O)OCC=C.COC(=O)c1ccc(CCC(C=O)CCc2ccc(C(=O)OC)cc2)cc1.COC(=O)c1ccc(CCC(CCc2ccc(C(=O)OC)cc2)C(=O)O)cc1.COC(=O)c1ccc(CCC(CO)CCc2ccc(C(=O)OC)cc2)cc1.COC(=O)c1ccc(CCI)cc1.CPC. The summed E-state index contributed by atoms with van der Waals surface area (Å²) in [4.78, 5) is 174. The van der Waals surface area contributed by atoms with Gasteiger partial charge in [0, 0.05) is 17.0 Å². The van der Waals surface area contributed by atoms with Crippen LogP contribution in [0.3, 0.4) is 0 Å². The Morgan fingerprint density at radius 2 is 0.493 bits per heavy atom. The number of carboxylic acids is 1. The Balaban J connectivity index is 0.000000467. The molecule has 0 aliphatic heterocycles. The van der Waals surface area contributed by atoms with Crippen molar-refractivity contribution in [1.29, 1.82) is 0 Å². The number of aryl methyl sites for hydroxylation is 9. The van der Waals surface area contributed by atoms with Gasteiger partial charge in [-0.3, -0.25) is 24.0 Å². The van der Waals surface area contributed by atoms with E-state index in [2.05, 4.69) is 95.4 Å². The summed E-state index contributed by atoms with van der Waals surface area (Å²) in [6.45, 7) is 18.4. The zero-order valence-corrected chi connectivity index (χ0v) is 89.1. The van der Waals surface area contributed by atoms with Gasteiger partial charge >= 0.3 is 83.6 Å². The summed E-state index contributed by atoms with van der Waals surface area (Å²) < 4.78 is 63.1. The number of aldehydes is 1. The minimum Gasteiger partial charge on any atom is -0.481 e. The first-order valence-corrected chi connectivity index (χ1v) is 50.9. The molecule has 2 N–H and O–H groups in total. The molecule has 0 aliphatic rings. The van der Waals surface area contributed by atoms with E-state index in [4.69, 9.17) is 28.4 Å². The van der Waals surface area contributed by atoms with Crippen molar-refractivity contribution in [2.75, 3.05) is 115 Å². The third-order valence-corrected chi connectivity index (χ3v) is 23.1. The Hall–Kier alpha value is -14.7. The van der Waals surface area contributed by atoms with Gasteiger partial charge in [0.2, 0.25) is 0 Å². The van der Waals surface area contributed by atoms with Crippen LogP contribution in [0.5, 0.6) is 0 Å². The summed E-state index contributed by atoms with van der Waals surface area (Å²) in [6.07, 6.45) is 17.0. The molecule has 0 radical (unpaired) electrons. The number of hydrogen-bond acceptors (Lipinski definition) is 29. The molecule has 9 aromatic rings. The van der Waals surface area contributed by atoms with Gasteiger partial charge in [-0.25, -0.2) is 43.2 Å². The largest absolute Gasteiger partial charge is 0.481 e. The van der Waals surface area contributed by atoms with Crippen molar-refractivity contribution in [3.63, 3.8) is 0 Å². The van der Waals surface area contributed by atoms with Crippen molar-refractivity contribution < 1.29 is 144 Å². The van der Waals surface area contributed by atoms with Crippen LogP contribution in [-0.4, -0.2) is 215 Å².